The minimum Gasteiger partial charge on any atom is -0.469 e. The van der Waals surface area contributed by atoms with Gasteiger partial charge in [0.25, 0.3) is 0 Å². The molecule has 0 aliphatic carbocycles. The van der Waals surface area contributed by atoms with Gasteiger partial charge in [-0.25, -0.2) is 0 Å². The number of esters is 4. The number of nitrogens with one attached hydrogen (secondary N) is 2. The molecule has 0 fully saturated rings. The summed E-state index contributed by atoms with van der Waals surface area (Å²) in [6.07, 6.45) is 7.11. The van der Waals surface area contributed by atoms with E-state index in [1.807, 2.05) is 53.7 Å². The van der Waals surface area contributed by atoms with Crippen LogP contribution in [0.2, 0.25) is 0 Å². The molecule has 0 bridgehead atoms. The van der Waals surface area contributed by atoms with Crippen molar-refractivity contribution >= 4 is 47.5 Å². The Kier molecular flexibility index (Phi) is 13.7. The van der Waals surface area contributed by atoms with E-state index in [2.05, 4.69) is 9.97 Å². The molecular weight excluding hydrogens is 676 g/mol. The minimum atomic E-state index is -0.319. The predicted molar refractivity (Wildman–Crippen MR) is 205 cm³/mol. The van der Waals surface area contributed by atoms with Crippen LogP contribution in [0.1, 0.15) is 104 Å². The molecule has 2 N–H and O–H groups in total. The molecule has 284 valence electrons. The van der Waals surface area contributed by atoms with Gasteiger partial charge in [-0.15, -0.1) is 0 Å². The van der Waals surface area contributed by atoms with Gasteiger partial charge >= 0.3 is 23.9 Å². The number of carbonyl (C=O) groups excluding carboxylic acids is 4. The van der Waals surface area contributed by atoms with Crippen molar-refractivity contribution in [3.63, 3.8) is 0 Å². The van der Waals surface area contributed by atoms with Crippen molar-refractivity contribution in [1.82, 2.24) is 9.97 Å². The summed E-state index contributed by atoms with van der Waals surface area (Å²) in [5.74, 6) is -1.19. The van der Waals surface area contributed by atoms with Gasteiger partial charge in [-0.05, 0) is 124 Å². The molecule has 0 unspecified atom stereocenters. The minimum absolute atomic E-state index is 0.183. The molecule has 4 heterocycles. The third-order valence-corrected chi connectivity index (χ3v) is 10.3. The Morgan fingerprint density at radius 2 is 0.849 bits per heavy atom. The molecule has 12 nitrogen and oxygen atoms in total. The van der Waals surface area contributed by atoms with Crippen LogP contribution in [0.25, 0.3) is 12.2 Å². The number of aromatic amines is 2. The normalized spacial score (nSPS) is 15.7. The molecule has 0 amide bonds. The number of aryl methyl sites for hydroxylation is 2. The van der Waals surface area contributed by atoms with E-state index in [0.717, 1.165) is 90.1 Å². The molecule has 0 spiro atoms. The van der Waals surface area contributed by atoms with Gasteiger partial charge in [0.1, 0.15) is 0 Å². The second-order valence-corrected chi connectivity index (χ2v) is 13.4. The van der Waals surface area contributed by atoms with Crippen LogP contribution in [0, 0.1) is 27.7 Å². The molecule has 0 radical (unpaired) electrons. The van der Waals surface area contributed by atoms with Crippen molar-refractivity contribution in [3.05, 3.63) is 78.7 Å². The third-order valence-electron chi connectivity index (χ3n) is 10.3. The quantitative estimate of drug-likeness (QED) is 0.138. The highest BCUT2D eigenvalue weighted by molar-refractivity contribution is 6.21. The smallest absolute Gasteiger partial charge is 0.305 e. The average Bonchev–Trinajstić information content (AvgIpc) is 3.79. The van der Waals surface area contributed by atoms with Gasteiger partial charge in [-0.2, -0.15) is 0 Å². The van der Waals surface area contributed by atoms with Crippen LogP contribution in [-0.2, 0) is 51.0 Å². The topological polar surface area (TPSA) is 161 Å². The Morgan fingerprint density at radius 3 is 1.17 bits per heavy atom. The highest BCUT2D eigenvalue weighted by atomic mass is 16.5. The molecule has 0 saturated carbocycles. The largest absolute Gasteiger partial charge is 0.469 e. The zero-order valence-corrected chi connectivity index (χ0v) is 32.7. The monoisotopic (exact) mass is 728 g/mol. The lowest BCUT2D eigenvalue weighted by Gasteiger charge is -2.11. The maximum atomic E-state index is 12.3. The molecule has 12 heteroatoms. The van der Waals surface area contributed by atoms with E-state index in [-0.39, 0.29) is 49.6 Å². The highest BCUT2D eigenvalue weighted by Gasteiger charge is 2.29. The fourth-order valence-corrected chi connectivity index (χ4v) is 6.81. The fraction of sp³-hybridized carbons (Fsp3) is 0.463. The van der Waals surface area contributed by atoms with Crippen LogP contribution in [-0.4, -0.2) is 73.7 Å². The number of methoxy groups -OCH3 is 4. The molecule has 2 aromatic rings. The van der Waals surface area contributed by atoms with E-state index in [1.54, 1.807) is 0 Å². The number of nitrogens with zero attached hydrogens (tertiary/aromatic N) is 2. The first-order valence-electron chi connectivity index (χ1n) is 17.9. The summed E-state index contributed by atoms with van der Waals surface area (Å²) in [4.78, 5) is 65.9. The number of ether oxygens (including phenoxy) is 4. The number of hydrogen-bond acceptors (Lipinski definition) is 10. The molecule has 53 heavy (non-hydrogen) atoms. The number of allylic oxidation sites excluding steroid dienone is 4. The van der Waals surface area contributed by atoms with Crippen LogP contribution >= 0.6 is 0 Å². The van der Waals surface area contributed by atoms with E-state index < -0.39 is 0 Å². The van der Waals surface area contributed by atoms with Gasteiger partial charge in [-0.3, -0.25) is 29.2 Å². The Bertz CT molecular complexity index is 1840. The molecule has 0 atom stereocenters. The summed E-state index contributed by atoms with van der Waals surface area (Å²) in [6, 6.07) is 0. The van der Waals surface area contributed by atoms with E-state index in [9.17, 15) is 19.2 Å². The van der Waals surface area contributed by atoms with E-state index in [4.69, 9.17) is 28.9 Å². The van der Waals surface area contributed by atoms with Crippen molar-refractivity contribution in [2.24, 2.45) is 9.98 Å². The summed E-state index contributed by atoms with van der Waals surface area (Å²) < 4.78 is 19.7. The summed E-state index contributed by atoms with van der Waals surface area (Å²) in [5.41, 5.74) is 14.7. The second-order valence-electron chi connectivity index (χ2n) is 13.4. The standard InChI is InChI=1S/C41H52N4O8/c1-22-26(5)42-34(28(22)11-15-38(46)50-7)19-32-24(3)30(13-17-40(48)52-9)36(44-32)21-37-31(14-18-41(49)53-10)25(4)33(45-37)20-35-29(12-16-39(47)51-8)23(2)27(6)43-35/h19-20,42-43H,11-18,21H2,1-10H3/b32-19-,33-20+. The van der Waals surface area contributed by atoms with Crippen LogP contribution in [0.15, 0.2) is 43.7 Å². The van der Waals surface area contributed by atoms with Crippen LogP contribution < -0.4 is 0 Å². The second kappa shape index (κ2) is 18.0. The Labute approximate surface area is 311 Å². The van der Waals surface area contributed by atoms with Gasteiger partial charge in [0.15, 0.2) is 0 Å². The number of aromatic nitrogens is 2. The van der Waals surface area contributed by atoms with E-state index in [0.29, 0.717) is 32.1 Å². The summed E-state index contributed by atoms with van der Waals surface area (Å²) >= 11 is 0. The first-order valence-corrected chi connectivity index (χ1v) is 17.9. The predicted octanol–water partition coefficient (Wildman–Crippen LogP) is 7.01. The van der Waals surface area contributed by atoms with Crippen molar-refractivity contribution in [2.75, 3.05) is 28.4 Å². The molecule has 2 aliphatic heterocycles. The first-order chi connectivity index (χ1) is 25.2. The van der Waals surface area contributed by atoms with Gasteiger partial charge in [-0.1, -0.05) is 0 Å². The Balaban J connectivity index is 1.79. The number of aliphatic imine (C=N–C) groups is 2. The lowest BCUT2D eigenvalue weighted by atomic mass is 9.92. The number of rotatable bonds is 16. The Morgan fingerprint density at radius 1 is 0.528 bits per heavy atom. The highest BCUT2D eigenvalue weighted by Crippen LogP contribution is 2.37. The van der Waals surface area contributed by atoms with Crippen molar-refractivity contribution in [1.29, 1.82) is 0 Å². The van der Waals surface area contributed by atoms with E-state index >= 15 is 0 Å². The average molecular weight is 729 g/mol. The van der Waals surface area contributed by atoms with Gasteiger partial charge in [0, 0.05) is 54.9 Å². The van der Waals surface area contributed by atoms with Gasteiger partial charge < -0.3 is 28.9 Å². The molecule has 2 aliphatic rings. The van der Waals surface area contributed by atoms with Gasteiger partial charge in [0.2, 0.25) is 0 Å². The molecule has 4 rings (SSSR count). The summed E-state index contributed by atoms with van der Waals surface area (Å²) in [6.45, 7) is 12.0. The summed E-state index contributed by atoms with van der Waals surface area (Å²) in [5, 5.41) is 0. The van der Waals surface area contributed by atoms with Crippen molar-refractivity contribution in [3.8, 4) is 0 Å². The molecule has 0 aromatic carbocycles. The fourth-order valence-electron chi connectivity index (χ4n) is 6.81. The zero-order valence-electron chi connectivity index (χ0n) is 32.7. The maximum absolute atomic E-state index is 12.3. The molecule has 0 saturated heterocycles. The van der Waals surface area contributed by atoms with Crippen LogP contribution in [0.5, 0.6) is 0 Å². The molecule has 2 aromatic heterocycles. The van der Waals surface area contributed by atoms with Crippen LogP contribution in [0.4, 0.5) is 0 Å². The van der Waals surface area contributed by atoms with Crippen molar-refractivity contribution in [2.45, 2.75) is 99.3 Å². The van der Waals surface area contributed by atoms with E-state index in [1.165, 1.54) is 28.4 Å². The lowest BCUT2D eigenvalue weighted by Crippen LogP contribution is -2.13. The van der Waals surface area contributed by atoms with Crippen LogP contribution in [0.3, 0.4) is 0 Å². The Hall–Kier alpha value is -5.26. The number of hydrogen-bond donors (Lipinski definition) is 2. The zero-order chi connectivity index (χ0) is 39.0. The summed E-state index contributed by atoms with van der Waals surface area (Å²) in [7, 11) is 5.52. The van der Waals surface area contributed by atoms with Gasteiger partial charge in [0.05, 0.1) is 51.3 Å². The first kappa shape index (κ1) is 40.5. The SMILES string of the molecule is COC(=O)CCC1=C(C)/C(=C/c2[nH]c(C)c(C)c2CCC(=O)OC)N=C1CC1=N/C(=C/c2[nH]c(C)c(C)c2CCC(=O)OC)C(C)=C1CCC(=O)OC. The lowest BCUT2D eigenvalue weighted by molar-refractivity contribution is -0.141. The number of H-pyrrole nitrogens is 2. The number of carbonyl (C=O) groups is 4. The molecular formula is C41H52N4O8. The third kappa shape index (κ3) is 9.60. The maximum Gasteiger partial charge on any atom is 0.305 e. The van der Waals surface area contributed by atoms with Crippen molar-refractivity contribution < 1.29 is 38.1 Å².